The monoisotopic (exact) mass is 601 g/mol. The molecule has 0 unspecified atom stereocenters. The molecule has 7 N–H and O–H groups in total. The number of alkyl carbamates (subject to hydrolysis) is 1. The maximum Gasteiger partial charge on any atom is 0.408 e. The Morgan fingerprint density at radius 3 is 1.74 bits per heavy atom. The van der Waals surface area contributed by atoms with E-state index >= 15 is 0 Å². The van der Waals surface area contributed by atoms with Crippen molar-refractivity contribution in [2.24, 2.45) is 17.6 Å². The third kappa shape index (κ3) is 14.6. The van der Waals surface area contributed by atoms with Crippen LogP contribution in [0.2, 0.25) is 0 Å². The lowest BCUT2D eigenvalue weighted by Gasteiger charge is -2.29. The predicted octanol–water partition coefficient (Wildman–Crippen LogP) is 0.340. The first-order valence-electron chi connectivity index (χ1n) is 13.8. The first kappa shape index (κ1) is 38.1. The minimum atomic E-state index is -1.40. The van der Waals surface area contributed by atoms with Crippen LogP contribution < -0.4 is 27.0 Å². The fourth-order valence-corrected chi connectivity index (χ4v) is 3.64. The number of carboxylic acid groups (broad SMARTS) is 1. The van der Waals surface area contributed by atoms with Gasteiger partial charge in [-0.3, -0.25) is 24.0 Å². The summed E-state index contributed by atoms with van der Waals surface area (Å²) in [6.07, 6.45) is -1.90. The Bertz CT molecular complexity index is 979. The van der Waals surface area contributed by atoms with Gasteiger partial charge in [-0.15, -0.1) is 0 Å². The van der Waals surface area contributed by atoms with E-state index in [9.17, 15) is 33.6 Å². The van der Waals surface area contributed by atoms with E-state index in [1.807, 2.05) is 0 Å². The third-order valence-corrected chi connectivity index (χ3v) is 6.18. The molecule has 0 aliphatic heterocycles. The number of hydrogen-bond acceptors (Lipinski definition) is 9. The number of primary amides is 1. The minimum Gasteiger partial charge on any atom is -0.481 e. The summed E-state index contributed by atoms with van der Waals surface area (Å²) in [5.41, 5.74) is 4.34. The SMILES string of the molecule is CC[C@H](C)[C@H](NC(=O)[C@H](CCC(N)=O)NC(=O)[C@H](CCC(=O)O)NC(=O)OC(C)(C)C)C(=O)N[C@H](C(=O)OC)C(C)C. The van der Waals surface area contributed by atoms with E-state index < -0.39 is 83.8 Å². The van der Waals surface area contributed by atoms with Crippen LogP contribution in [0.4, 0.5) is 4.79 Å². The maximum absolute atomic E-state index is 13.4. The van der Waals surface area contributed by atoms with Crippen molar-refractivity contribution in [3.05, 3.63) is 0 Å². The number of carbonyl (C=O) groups excluding carboxylic acids is 6. The molecule has 240 valence electrons. The molecule has 0 aromatic heterocycles. The van der Waals surface area contributed by atoms with Crippen molar-refractivity contribution in [1.82, 2.24) is 21.3 Å². The van der Waals surface area contributed by atoms with Crippen LogP contribution in [0.25, 0.3) is 0 Å². The Hall–Kier alpha value is -3.91. The number of hydrogen-bond donors (Lipinski definition) is 6. The number of nitrogens with two attached hydrogens (primary N) is 1. The second-order valence-corrected chi connectivity index (χ2v) is 11.3. The number of aliphatic carboxylic acids is 1. The number of methoxy groups -OCH3 is 1. The minimum absolute atomic E-state index is 0.253. The van der Waals surface area contributed by atoms with Gasteiger partial charge in [0, 0.05) is 12.8 Å². The Labute approximate surface area is 246 Å². The van der Waals surface area contributed by atoms with Gasteiger partial charge in [0.2, 0.25) is 23.6 Å². The highest BCUT2D eigenvalue weighted by molar-refractivity contribution is 5.95. The van der Waals surface area contributed by atoms with Gasteiger partial charge in [0.15, 0.2) is 0 Å². The van der Waals surface area contributed by atoms with Crippen LogP contribution in [-0.2, 0) is 38.2 Å². The molecule has 15 nitrogen and oxygen atoms in total. The van der Waals surface area contributed by atoms with Crippen LogP contribution in [0.15, 0.2) is 0 Å². The summed E-state index contributed by atoms with van der Waals surface area (Å²) in [6.45, 7) is 11.7. The third-order valence-electron chi connectivity index (χ3n) is 6.18. The second kappa shape index (κ2) is 17.8. The summed E-state index contributed by atoms with van der Waals surface area (Å²) in [4.78, 5) is 86.9. The zero-order chi connectivity index (χ0) is 32.8. The summed E-state index contributed by atoms with van der Waals surface area (Å²) in [7, 11) is 1.19. The quantitative estimate of drug-likeness (QED) is 0.125. The molecule has 0 bridgehead atoms. The molecule has 0 aliphatic rings. The van der Waals surface area contributed by atoms with Crippen molar-refractivity contribution in [3.8, 4) is 0 Å². The average molecular weight is 602 g/mol. The molecule has 0 spiro atoms. The number of carboxylic acids is 1. The van der Waals surface area contributed by atoms with Gasteiger partial charge in [0.1, 0.15) is 29.8 Å². The number of esters is 1. The largest absolute Gasteiger partial charge is 0.481 e. The topological polar surface area (TPSA) is 232 Å². The van der Waals surface area contributed by atoms with Gasteiger partial charge in [0.05, 0.1) is 7.11 Å². The van der Waals surface area contributed by atoms with Crippen molar-refractivity contribution in [2.45, 2.75) is 110 Å². The van der Waals surface area contributed by atoms with Crippen LogP contribution in [0, 0.1) is 11.8 Å². The molecular weight excluding hydrogens is 554 g/mol. The molecule has 0 saturated heterocycles. The summed E-state index contributed by atoms with van der Waals surface area (Å²) in [5, 5.41) is 19.0. The van der Waals surface area contributed by atoms with Gasteiger partial charge in [-0.05, 0) is 45.4 Å². The Morgan fingerprint density at radius 1 is 0.786 bits per heavy atom. The van der Waals surface area contributed by atoms with E-state index in [1.165, 1.54) is 7.11 Å². The summed E-state index contributed by atoms with van der Waals surface area (Å²) in [5.74, 6) is -5.79. The number of amides is 5. The molecule has 0 aromatic carbocycles. The van der Waals surface area contributed by atoms with Crippen molar-refractivity contribution >= 4 is 41.7 Å². The second-order valence-electron chi connectivity index (χ2n) is 11.3. The molecule has 42 heavy (non-hydrogen) atoms. The van der Waals surface area contributed by atoms with E-state index in [1.54, 1.807) is 48.5 Å². The van der Waals surface area contributed by atoms with Crippen LogP contribution in [0.3, 0.4) is 0 Å². The zero-order valence-corrected chi connectivity index (χ0v) is 25.7. The van der Waals surface area contributed by atoms with Crippen molar-refractivity contribution < 1.29 is 48.1 Å². The first-order valence-corrected chi connectivity index (χ1v) is 13.8. The summed E-state index contributed by atoms with van der Waals surface area (Å²) in [6, 6.07) is -4.91. The highest BCUT2D eigenvalue weighted by Crippen LogP contribution is 2.13. The molecule has 0 heterocycles. The zero-order valence-electron chi connectivity index (χ0n) is 25.7. The van der Waals surface area contributed by atoms with Gasteiger partial charge >= 0.3 is 18.0 Å². The molecular formula is C27H47N5O10. The Morgan fingerprint density at radius 2 is 1.29 bits per heavy atom. The molecule has 0 rings (SSSR count). The van der Waals surface area contributed by atoms with E-state index in [2.05, 4.69) is 21.3 Å². The number of carbonyl (C=O) groups is 7. The van der Waals surface area contributed by atoms with E-state index in [4.69, 9.17) is 20.3 Å². The number of ether oxygens (including phenoxy) is 2. The van der Waals surface area contributed by atoms with Crippen molar-refractivity contribution in [2.75, 3.05) is 7.11 Å². The van der Waals surface area contributed by atoms with Gasteiger partial charge in [0.25, 0.3) is 0 Å². The molecule has 0 fully saturated rings. The van der Waals surface area contributed by atoms with Crippen LogP contribution >= 0.6 is 0 Å². The lowest BCUT2D eigenvalue weighted by molar-refractivity contribution is -0.147. The lowest BCUT2D eigenvalue weighted by Crippen LogP contribution is -2.59. The summed E-state index contributed by atoms with van der Waals surface area (Å²) >= 11 is 0. The van der Waals surface area contributed by atoms with Gasteiger partial charge in [-0.2, -0.15) is 0 Å². The molecule has 0 radical (unpaired) electrons. The number of nitrogens with one attached hydrogen (secondary N) is 4. The lowest BCUT2D eigenvalue weighted by atomic mass is 9.96. The molecule has 0 aromatic rings. The fraction of sp³-hybridized carbons (Fsp3) is 0.741. The fourth-order valence-electron chi connectivity index (χ4n) is 3.64. The predicted molar refractivity (Wildman–Crippen MR) is 151 cm³/mol. The van der Waals surface area contributed by atoms with E-state index in [0.29, 0.717) is 6.42 Å². The molecule has 15 heteroatoms. The highest BCUT2D eigenvalue weighted by atomic mass is 16.6. The Balaban J connectivity index is 6.04. The maximum atomic E-state index is 13.4. The van der Waals surface area contributed by atoms with Crippen LogP contribution in [-0.4, -0.2) is 83.6 Å². The molecule has 0 aliphatic carbocycles. The standard InChI is InChI=1S/C27H47N5O10/c1-9-15(4)21(24(38)31-20(14(2)3)25(39)41-8)32-23(37)16(10-12-18(28)33)29-22(36)17(11-13-19(34)35)30-26(40)42-27(5,6)7/h14-17,20-21H,9-13H2,1-8H3,(H2,28,33)(H,29,36)(H,30,40)(H,31,38)(H,32,37)(H,34,35)/t15-,16-,17-,20-,21-/m0/s1. The molecule has 5 atom stereocenters. The average Bonchev–Trinajstić information content (AvgIpc) is 2.87. The van der Waals surface area contributed by atoms with Crippen molar-refractivity contribution in [3.63, 3.8) is 0 Å². The number of rotatable bonds is 17. The van der Waals surface area contributed by atoms with Crippen LogP contribution in [0.1, 0.15) is 80.6 Å². The molecule has 5 amide bonds. The van der Waals surface area contributed by atoms with Crippen LogP contribution in [0.5, 0.6) is 0 Å². The van der Waals surface area contributed by atoms with E-state index in [-0.39, 0.29) is 25.2 Å². The summed E-state index contributed by atoms with van der Waals surface area (Å²) < 4.78 is 9.91. The first-order chi connectivity index (χ1) is 19.3. The molecule has 0 saturated carbocycles. The normalized spacial score (nSPS) is 14.8. The Kier molecular flexibility index (Phi) is 16.1. The van der Waals surface area contributed by atoms with Gasteiger partial charge in [-0.1, -0.05) is 34.1 Å². The van der Waals surface area contributed by atoms with Gasteiger partial charge < -0.3 is 41.6 Å². The van der Waals surface area contributed by atoms with E-state index in [0.717, 1.165) is 0 Å². The highest BCUT2D eigenvalue weighted by Gasteiger charge is 2.35. The van der Waals surface area contributed by atoms with Gasteiger partial charge in [-0.25, -0.2) is 9.59 Å². The van der Waals surface area contributed by atoms with Crippen molar-refractivity contribution in [1.29, 1.82) is 0 Å². The smallest absolute Gasteiger partial charge is 0.408 e.